The van der Waals surface area contributed by atoms with Crippen LogP contribution in [0.3, 0.4) is 0 Å². The van der Waals surface area contributed by atoms with E-state index in [-0.39, 0.29) is 99.3 Å². The molecule has 14 nitrogen and oxygen atoms in total. The standard InChI is InChI=1S/C44H30N4O10S3.3Na/c49-29-9-1-25(2-10-29)41-33-17-19-35(45-33)42(26-3-11-30(12-4-26)59(50,51)52)37-21-23-39(47-37)44(28-7-15-32(16-8-28)61(56,57)58)40-24-22-38(48-40)43(36-20-18-34(41)46-36)27-5-13-31(14-6-27)60(53,54)55;;;/h1-24,45,48-49H,(H,50,51,52)(H,53,54,55)(H,56,57,58);;;/q;3*+1/p-3. The molecular weight excluding hydrogens is 910 g/mol. The van der Waals surface area contributed by atoms with E-state index in [9.17, 15) is 44.0 Å². The van der Waals surface area contributed by atoms with Gasteiger partial charge in [0.1, 0.15) is 20.2 Å². The van der Waals surface area contributed by atoms with Gasteiger partial charge in [0.25, 0.3) is 10.1 Å². The largest absolute Gasteiger partial charge is 1.00 e. The molecule has 0 saturated heterocycles. The average molecular weight is 937 g/mol. The van der Waals surface area contributed by atoms with E-state index in [1.807, 2.05) is 6.07 Å². The zero-order chi connectivity index (χ0) is 42.8. The number of hydrogen-bond acceptors (Lipinski definition) is 11. The van der Waals surface area contributed by atoms with E-state index in [0.29, 0.717) is 89.4 Å². The van der Waals surface area contributed by atoms with Crippen molar-refractivity contribution >= 4 is 76.7 Å². The number of aromatic amines is 2. The molecule has 8 bridgehead atoms. The average Bonchev–Trinajstić information content (AvgIpc) is 4.06. The summed E-state index contributed by atoms with van der Waals surface area (Å²) in [4.78, 5) is 15.9. The van der Waals surface area contributed by atoms with Gasteiger partial charge in [-0.15, -0.1) is 5.75 Å². The Labute approximate surface area is 433 Å². The van der Waals surface area contributed by atoms with Gasteiger partial charge in [-0.1, -0.05) is 60.7 Å². The van der Waals surface area contributed by atoms with E-state index in [1.54, 1.807) is 54.6 Å². The third-order valence-corrected chi connectivity index (χ3v) is 12.8. The molecule has 0 radical (unpaired) electrons. The number of benzene rings is 4. The van der Waals surface area contributed by atoms with Gasteiger partial charge in [-0.05, 0) is 107 Å². The van der Waals surface area contributed by atoms with Crippen molar-refractivity contribution < 1.29 is 133 Å². The molecule has 2 aliphatic rings. The number of nitrogens with one attached hydrogen (secondary N) is 2. The molecule has 0 saturated carbocycles. The maximum absolute atomic E-state index is 12.3. The second kappa shape index (κ2) is 19.1. The van der Waals surface area contributed by atoms with Crippen LogP contribution in [0.2, 0.25) is 0 Å². The number of nitrogens with zero attached hydrogens (tertiary/aromatic N) is 2. The summed E-state index contributed by atoms with van der Waals surface area (Å²) < 4.78 is 105. The summed E-state index contributed by atoms with van der Waals surface area (Å²) in [5, 5.41) is 12.3. The van der Waals surface area contributed by atoms with E-state index in [2.05, 4.69) is 9.97 Å². The predicted molar refractivity (Wildman–Crippen MR) is 226 cm³/mol. The van der Waals surface area contributed by atoms with Crippen LogP contribution >= 0.6 is 0 Å². The summed E-state index contributed by atoms with van der Waals surface area (Å²) in [7, 11) is -14.0. The first-order chi connectivity index (χ1) is 29.0. The minimum Gasteiger partial charge on any atom is -0.872 e. The summed E-state index contributed by atoms with van der Waals surface area (Å²) in [6.07, 6.45) is 7.07. The molecule has 0 amide bonds. The quantitative estimate of drug-likeness (QED) is 0.122. The van der Waals surface area contributed by atoms with Crippen molar-refractivity contribution in [2.75, 3.05) is 0 Å². The van der Waals surface area contributed by atoms with Crippen molar-refractivity contribution in [2.45, 2.75) is 14.7 Å². The topological polar surface area (TPSA) is 249 Å². The molecule has 9 rings (SSSR count). The van der Waals surface area contributed by atoms with Gasteiger partial charge in [-0.25, -0.2) is 26.8 Å². The monoisotopic (exact) mass is 936 g/mol. The van der Waals surface area contributed by atoms with E-state index in [1.165, 1.54) is 84.9 Å². The fourth-order valence-corrected chi connectivity index (χ4v) is 8.83. The normalized spacial score (nSPS) is 12.2. The van der Waals surface area contributed by atoms with Gasteiger partial charge in [-0.2, -0.15) is 8.42 Å². The van der Waals surface area contributed by atoms with Crippen LogP contribution in [0.15, 0.2) is 136 Å². The van der Waals surface area contributed by atoms with Gasteiger partial charge in [0, 0.05) is 44.3 Å². The van der Waals surface area contributed by atoms with Gasteiger partial charge < -0.3 is 24.2 Å². The van der Waals surface area contributed by atoms with Crippen molar-refractivity contribution in [3.05, 3.63) is 144 Å². The molecule has 0 aliphatic carbocycles. The summed E-state index contributed by atoms with van der Waals surface area (Å²) in [5.41, 5.74) is 8.26. The van der Waals surface area contributed by atoms with Crippen LogP contribution in [-0.2, 0) is 30.4 Å². The van der Waals surface area contributed by atoms with Crippen LogP contribution < -0.4 is 93.8 Å². The SMILES string of the molecule is O=S(=O)([O-])c1ccc(-c2c3nc(c(-c4ccc(S(=O)(=O)O)cc4)c4ccc([nH]4)c(-c4ccc(S(=O)(=O)[O-])cc4)c4nc(c(-c5ccc([O-])cc5)c5ccc2[nH]5)C=C4)C=C3)cc1.[Na+].[Na+].[Na+]. The molecule has 2 aliphatic heterocycles. The van der Waals surface area contributed by atoms with Crippen LogP contribution in [0.4, 0.5) is 0 Å². The van der Waals surface area contributed by atoms with E-state index < -0.39 is 40.1 Å². The Hall–Kier alpha value is -3.99. The van der Waals surface area contributed by atoms with Crippen molar-refractivity contribution in [3.63, 3.8) is 0 Å². The van der Waals surface area contributed by atoms with Gasteiger partial charge in [0.15, 0.2) is 0 Å². The van der Waals surface area contributed by atoms with Gasteiger partial charge in [0.05, 0.1) is 37.5 Å². The fraction of sp³-hybridized carbons (Fsp3) is 0. The minimum absolute atomic E-state index is 0. The summed E-state index contributed by atoms with van der Waals surface area (Å²) in [6.45, 7) is 0. The summed E-state index contributed by atoms with van der Waals surface area (Å²) in [5.74, 6) is -0.203. The van der Waals surface area contributed by atoms with E-state index >= 15 is 0 Å². The number of hydrogen-bond donors (Lipinski definition) is 3. The molecule has 0 atom stereocenters. The summed E-state index contributed by atoms with van der Waals surface area (Å²) in [6, 6.07) is 29.8. The minimum atomic E-state index is -4.76. The Morgan fingerprint density at radius 3 is 0.891 bits per heavy atom. The van der Waals surface area contributed by atoms with Crippen molar-refractivity contribution in [2.24, 2.45) is 0 Å². The molecule has 7 aromatic rings. The number of fused-ring (bicyclic) bond motifs is 8. The Kier molecular flexibility index (Phi) is 14.7. The van der Waals surface area contributed by atoms with Crippen LogP contribution in [0.25, 0.3) is 90.9 Å². The van der Waals surface area contributed by atoms with Gasteiger partial charge >= 0.3 is 88.7 Å². The fourth-order valence-electron chi connectivity index (χ4n) is 7.41. The van der Waals surface area contributed by atoms with Crippen LogP contribution in [0, 0.1) is 0 Å². The van der Waals surface area contributed by atoms with Crippen LogP contribution in [0.1, 0.15) is 22.8 Å². The van der Waals surface area contributed by atoms with Gasteiger partial charge in [0.2, 0.25) is 0 Å². The zero-order valence-electron chi connectivity index (χ0n) is 34.1. The smallest absolute Gasteiger partial charge is 0.872 e. The Balaban J connectivity index is 0.00000227. The Bertz CT molecular complexity index is 3470. The number of H-pyrrole nitrogens is 2. The third-order valence-electron chi connectivity index (χ3n) is 10.2. The molecule has 0 spiro atoms. The number of rotatable bonds is 7. The van der Waals surface area contributed by atoms with E-state index in [0.717, 1.165) is 0 Å². The number of aromatic nitrogens is 4. The molecule has 64 heavy (non-hydrogen) atoms. The van der Waals surface area contributed by atoms with Crippen LogP contribution in [0.5, 0.6) is 5.75 Å². The van der Waals surface area contributed by atoms with Crippen molar-refractivity contribution in [3.8, 4) is 50.3 Å². The molecule has 20 heteroatoms. The molecule has 3 aromatic heterocycles. The Morgan fingerprint density at radius 1 is 0.391 bits per heavy atom. The predicted octanol–water partition coefficient (Wildman–Crippen LogP) is -1.54. The molecule has 3 N–H and O–H groups in total. The Morgan fingerprint density at radius 2 is 0.641 bits per heavy atom. The van der Waals surface area contributed by atoms with Crippen LogP contribution in [-0.4, -0.2) is 58.8 Å². The van der Waals surface area contributed by atoms with Crippen molar-refractivity contribution in [1.29, 1.82) is 0 Å². The third kappa shape index (κ3) is 9.90. The molecule has 304 valence electrons. The molecular formula is C44H27N4Na3O10S3. The zero-order valence-corrected chi connectivity index (χ0v) is 42.5. The molecule has 0 unspecified atom stereocenters. The maximum Gasteiger partial charge on any atom is 1.00 e. The maximum atomic E-state index is 12.3. The van der Waals surface area contributed by atoms with E-state index in [4.69, 9.17) is 9.97 Å². The molecule has 5 heterocycles. The van der Waals surface area contributed by atoms with Crippen molar-refractivity contribution in [1.82, 2.24) is 19.9 Å². The van der Waals surface area contributed by atoms with Gasteiger partial charge in [-0.3, -0.25) is 4.55 Å². The first-order valence-corrected chi connectivity index (χ1v) is 22.4. The second-order valence-electron chi connectivity index (χ2n) is 14.0. The second-order valence-corrected chi connectivity index (χ2v) is 18.2. The molecule has 4 aromatic carbocycles. The molecule has 0 fully saturated rings. The first kappa shape index (κ1) is 49.4. The first-order valence-electron chi connectivity index (χ1n) is 18.2. The summed E-state index contributed by atoms with van der Waals surface area (Å²) >= 11 is 0.